The highest BCUT2D eigenvalue weighted by atomic mass is 16.8. The van der Waals surface area contributed by atoms with Gasteiger partial charge in [0.15, 0.2) is 0 Å². The van der Waals surface area contributed by atoms with E-state index in [9.17, 15) is 19.2 Å². The summed E-state index contributed by atoms with van der Waals surface area (Å²) >= 11 is 0. The molecular weight excluding hydrogens is 258 g/mol. The van der Waals surface area contributed by atoms with Crippen LogP contribution in [0.2, 0.25) is 0 Å². The Morgan fingerprint density at radius 3 is 2.26 bits per heavy atom. The molecule has 0 radical (unpaired) electrons. The average molecular weight is 273 g/mol. The van der Waals surface area contributed by atoms with Crippen LogP contribution >= 0.6 is 0 Å². The van der Waals surface area contributed by atoms with E-state index < -0.39 is 18.0 Å². The first-order chi connectivity index (χ1) is 9.04. The number of amides is 2. The van der Waals surface area contributed by atoms with Crippen molar-refractivity contribution in [2.24, 2.45) is 0 Å². The van der Waals surface area contributed by atoms with Gasteiger partial charge in [-0.1, -0.05) is 12.0 Å². The Morgan fingerprint density at radius 2 is 1.68 bits per heavy atom. The van der Waals surface area contributed by atoms with Gasteiger partial charge < -0.3 is 9.47 Å². The van der Waals surface area contributed by atoms with Crippen LogP contribution in [-0.2, 0) is 28.7 Å². The van der Waals surface area contributed by atoms with Gasteiger partial charge in [0, 0.05) is 25.7 Å². The maximum absolute atomic E-state index is 11.1. The number of nitrogens with zero attached hydrogens (tertiary/aromatic N) is 1. The first kappa shape index (κ1) is 14.9. The summed E-state index contributed by atoms with van der Waals surface area (Å²) in [5.74, 6) is -1.48. The van der Waals surface area contributed by atoms with E-state index in [-0.39, 0.29) is 38.4 Å². The summed E-state index contributed by atoms with van der Waals surface area (Å²) in [7, 11) is 0. The number of hydroxylamine groups is 2. The summed E-state index contributed by atoms with van der Waals surface area (Å²) in [6, 6.07) is 0. The topological polar surface area (TPSA) is 99.2 Å². The molecule has 0 unspecified atom stereocenters. The molecular formula is C11H15NO7. The number of imide groups is 1. The minimum absolute atomic E-state index is 0.0269. The molecule has 1 aliphatic heterocycles. The molecule has 0 N–H and O–H groups in total. The van der Waals surface area contributed by atoms with E-state index in [1.165, 1.54) is 0 Å². The van der Waals surface area contributed by atoms with Crippen LogP contribution in [0.4, 0.5) is 4.79 Å². The van der Waals surface area contributed by atoms with Crippen LogP contribution in [0.15, 0.2) is 0 Å². The van der Waals surface area contributed by atoms with Crippen LogP contribution < -0.4 is 0 Å². The van der Waals surface area contributed by atoms with Crippen molar-refractivity contribution < 1.29 is 33.5 Å². The number of hydrogen-bond acceptors (Lipinski definition) is 7. The summed E-state index contributed by atoms with van der Waals surface area (Å²) in [4.78, 5) is 48.6. The van der Waals surface area contributed by atoms with Crippen molar-refractivity contribution in [1.82, 2.24) is 5.06 Å². The van der Waals surface area contributed by atoms with Crippen molar-refractivity contribution in [3.63, 3.8) is 0 Å². The van der Waals surface area contributed by atoms with Crippen molar-refractivity contribution >= 4 is 23.9 Å². The maximum Gasteiger partial charge on any atom is 0.533 e. The van der Waals surface area contributed by atoms with Gasteiger partial charge >= 0.3 is 12.1 Å². The lowest BCUT2D eigenvalue weighted by Gasteiger charge is -2.12. The van der Waals surface area contributed by atoms with Crippen LogP contribution in [0.1, 0.15) is 32.6 Å². The fourth-order valence-electron chi connectivity index (χ4n) is 1.26. The molecule has 0 saturated carbocycles. The molecule has 19 heavy (non-hydrogen) atoms. The van der Waals surface area contributed by atoms with E-state index in [1.54, 1.807) is 6.92 Å². The van der Waals surface area contributed by atoms with E-state index in [0.717, 1.165) is 0 Å². The summed E-state index contributed by atoms with van der Waals surface area (Å²) in [5, 5.41) is 0.402. The minimum Gasteiger partial charge on any atom is -0.466 e. The lowest BCUT2D eigenvalue weighted by Crippen LogP contribution is -2.32. The molecule has 0 atom stereocenters. The monoisotopic (exact) mass is 273 g/mol. The van der Waals surface area contributed by atoms with Crippen molar-refractivity contribution in [3.8, 4) is 0 Å². The van der Waals surface area contributed by atoms with Gasteiger partial charge in [0.2, 0.25) is 0 Å². The molecule has 1 fully saturated rings. The number of hydrogen-bond donors (Lipinski definition) is 0. The highest BCUT2D eigenvalue weighted by molar-refractivity contribution is 6.01. The summed E-state index contributed by atoms with van der Waals surface area (Å²) in [5.41, 5.74) is 0. The standard InChI is InChI=1S/C11H15NO7/c1-2-10(15)17-6-3-7-18-11(16)19-12-8(13)4-5-9(12)14/h2-7H2,1H3. The molecule has 0 spiro atoms. The Kier molecular flexibility index (Phi) is 5.77. The lowest BCUT2D eigenvalue weighted by molar-refractivity contribution is -0.177. The Bertz CT molecular complexity index is 363. The Labute approximate surface area is 109 Å². The summed E-state index contributed by atoms with van der Waals surface area (Å²) in [6.07, 6.45) is -0.492. The van der Waals surface area contributed by atoms with Gasteiger partial charge in [-0.15, -0.1) is 0 Å². The average Bonchev–Trinajstić information content (AvgIpc) is 2.69. The highest BCUT2D eigenvalue weighted by Crippen LogP contribution is 2.12. The summed E-state index contributed by atoms with van der Waals surface area (Å²) < 4.78 is 9.37. The number of ether oxygens (including phenoxy) is 2. The molecule has 8 nitrogen and oxygen atoms in total. The largest absolute Gasteiger partial charge is 0.533 e. The molecule has 0 aromatic carbocycles. The molecule has 1 aliphatic rings. The van der Waals surface area contributed by atoms with Crippen molar-refractivity contribution in [2.45, 2.75) is 32.6 Å². The molecule has 0 aromatic rings. The smallest absolute Gasteiger partial charge is 0.466 e. The van der Waals surface area contributed by atoms with Crippen molar-refractivity contribution in [1.29, 1.82) is 0 Å². The fraction of sp³-hybridized carbons (Fsp3) is 0.636. The second-order valence-corrected chi connectivity index (χ2v) is 3.70. The third-order valence-corrected chi connectivity index (χ3v) is 2.23. The molecule has 0 aliphatic carbocycles. The zero-order valence-electron chi connectivity index (χ0n) is 10.5. The molecule has 1 saturated heterocycles. The molecule has 106 valence electrons. The van der Waals surface area contributed by atoms with Crippen LogP contribution in [0.25, 0.3) is 0 Å². The maximum atomic E-state index is 11.1. The highest BCUT2D eigenvalue weighted by Gasteiger charge is 2.33. The minimum atomic E-state index is -1.13. The Morgan fingerprint density at radius 1 is 1.11 bits per heavy atom. The second kappa shape index (κ2) is 7.34. The third kappa shape index (κ3) is 4.94. The van der Waals surface area contributed by atoms with Crippen LogP contribution in [-0.4, -0.2) is 42.2 Å². The van der Waals surface area contributed by atoms with E-state index >= 15 is 0 Å². The number of esters is 1. The first-order valence-electron chi connectivity index (χ1n) is 5.90. The van der Waals surface area contributed by atoms with Gasteiger partial charge in [-0.05, 0) is 0 Å². The lowest BCUT2D eigenvalue weighted by atomic mass is 10.4. The molecule has 1 rings (SSSR count). The second-order valence-electron chi connectivity index (χ2n) is 3.70. The molecule has 2 amide bonds. The predicted molar refractivity (Wildman–Crippen MR) is 59.4 cm³/mol. The van der Waals surface area contributed by atoms with Gasteiger partial charge in [0.05, 0.1) is 13.2 Å². The normalized spacial score (nSPS) is 14.5. The molecule has 8 heteroatoms. The van der Waals surface area contributed by atoms with Gasteiger partial charge in [0.1, 0.15) is 0 Å². The van der Waals surface area contributed by atoms with E-state index in [0.29, 0.717) is 11.5 Å². The molecule has 1 heterocycles. The Hall–Kier alpha value is -2.12. The number of carbonyl (C=O) groups excluding carboxylic acids is 4. The van der Waals surface area contributed by atoms with Gasteiger partial charge in [-0.25, -0.2) is 4.79 Å². The van der Waals surface area contributed by atoms with E-state index in [2.05, 4.69) is 9.57 Å². The number of carbonyl (C=O) groups is 4. The number of rotatable bonds is 6. The van der Waals surface area contributed by atoms with Gasteiger partial charge in [-0.2, -0.15) is 0 Å². The van der Waals surface area contributed by atoms with E-state index in [1.807, 2.05) is 0 Å². The first-order valence-corrected chi connectivity index (χ1v) is 5.90. The van der Waals surface area contributed by atoms with E-state index in [4.69, 9.17) is 4.74 Å². The molecule has 0 aromatic heterocycles. The van der Waals surface area contributed by atoms with Gasteiger partial charge in [-0.3, -0.25) is 19.2 Å². The van der Waals surface area contributed by atoms with Crippen LogP contribution in [0, 0.1) is 0 Å². The predicted octanol–water partition coefficient (Wildman–Crippen LogP) is 0.547. The van der Waals surface area contributed by atoms with Crippen LogP contribution in [0.3, 0.4) is 0 Å². The zero-order valence-corrected chi connectivity index (χ0v) is 10.5. The van der Waals surface area contributed by atoms with Gasteiger partial charge in [0.25, 0.3) is 11.8 Å². The summed E-state index contributed by atoms with van der Waals surface area (Å²) in [6.45, 7) is 1.76. The molecule has 0 bridgehead atoms. The zero-order chi connectivity index (χ0) is 14.3. The third-order valence-electron chi connectivity index (χ3n) is 2.23. The SMILES string of the molecule is CCC(=O)OCCCOC(=O)ON1C(=O)CCC1=O. The van der Waals surface area contributed by atoms with Crippen LogP contribution in [0.5, 0.6) is 0 Å². The van der Waals surface area contributed by atoms with Crippen molar-refractivity contribution in [2.75, 3.05) is 13.2 Å². The quantitative estimate of drug-likeness (QED) is 0.395. The fourth-order valence-corrected chi connectivity index (χ4v) is 1.26. The van der Waals surface area contributed by atoms with Crippen molar-refractivity contribution in [3.05, 3.63) is 0 Å². The Balaban J connectivity index is 2.13.